The normalized spacial score (nSPS) is 12.6. The first-order valence-corrected chi connectivity index (χ1v) is 7.35. The zero-order valence-electron chi connectivity index (χ0n) is 12.0. The number of nitrogens with zero attached hydrogens (tertiary/aromatic N) is 4. The molecule has 1 unspecified atom stereocenters. The largest absolute Gasteiger partial charge is 0.349 e. The van der Waals surface area contributed by atoms with Crippen LogP contribution in [-0.2, 0) is 0 Å². The first-order chi connectivity index (χ1) is 8.87. The van der Waals surface area contributed by atoms with E-state index < -0.39 is 0 Å². The molecular formula is C12H20N6S. The fourth-order valence-corrected chi connectivity index (χ4v) is 1.64. The maximum absolute atomic E-state index is 8.97. The van der Waals surface area contributed by atoms with Crippen LogP contribution in [0.3, 0.4) is 0 Å². The van der Waals surface area contributed by atoms with Gasteiger partial charge in [-0.2, -0.15) is 20.2 Å². The van der Waals surface area contributed by atoms with Gasteiger partial charge in [0.15, 0.2) is 5.16 Å². The van der Waals surface area contributed by atoms with Gasteiger partial charge in [-0.3, -0.25) is 0 Å². The van der Waals surface area contributed by atoms with E-state index in [-0.39, 0.29) is 11.6 Å². The van der Waals surface area contributed by atoms with Gasteiger partial charge in [0, 0.05) is 5.54 Å². The summed E-state index contributed by atoms with van der Waals surface area (Å²) in [5.41, 5.74) is -0.131. The van der Waals surface area contributed by atoms with Crippen LogP contribution in [0.4, 0.5) is 11.9 Å². The zero-order chi connectivity index (χ0) is 14.5. The van der Waals surface area contributed by atoms with Crippen molar-refractivity contribution in [2.75, 3.05) is 16.9 Å². The van der Waals surface area contributed by atoms with E-state index in [1.807, 2.05) is 34.0 Å². The van der Waals surface area contributed by atoms with Crippen LogP contribution in [0, 0.1) is 11.3 Å². The van der Waals surface area contributed by atoms with Gasteiger partial charge in [-0.25, -0.2) is 0 Å². The Hall–Kier alpha value is -1.55. The summed E-state index contributed by atoms with van der Waals surface area (Å²) < 4.78 is 0. The van der Waals surface area contributed by atoms with Gasteiger partial charge >= 0.3 is 0 Å². The second-order valence-electron chi connectivity index (χ2n) is 5.08. The summed E-state index contributed by atoms with van der Waals surface area (Å²) in [5.74, 6) is 0.946. The molecule has 0 spiro atoms. The van der Waals surface area contributed by atoms with Crippen LogP contribution in [0.1, 0.15) is 34.1 Å². The first-order valence-electron chi connectivity index (χ1n) is 6.12. The average molecular weight is 280 g/mol. The third-order valence-electron chi connectivity index (χ3n) is 2.15. The van der Waals surface area contributed by atoms with E-state index in [2.05, 4.69) is 31.7 Å². The molecule has 0 amide bonds. The van der Waals surface area contributed by atoms with Gasteiger partial charge in [0.2, 0.25) is 11.9 Å². The molecule has 1 atom stereocenters. The van der Waals surface area contributed by atoms with Gasteiger partial charge in [-0.15, -0.1) is 0 Å². The smallest absolute Gasteiger partial charge is 0.229 e. The fourth-order valence-electron chi connectivity index (χ4n) is 1.29. The molecular weight excluding hydrogens is 260 g/mol. The van der Waals surface area contributed by atoms with Crippen molar-refractivity contribution in [3.63, 3.8) is 0 Å². The monoisotopic (exact) mass is 280 g/mol. The molecule has 7 heteroatoms. The van der Waals surface area contributed by atoms with Crippen LogP contribution in [0.5, 0.6) is 0 Å². The number of hydrogen-bond donors (Lipinski definition) is 2. The van der Waals surface area contributed by atoms with E-state index in [4.69, 9.17) is 5.26 Å². The standard InChI is InChI=1S/C12H20N6S/c1-6-8(7-13)14-9-15-10(18-12(2,3)4)17-11(16-9)19-5/h8H,6H2,1-5H3,(H2,14,15,16,17,18). The van der Waals surface area contributed by atoms with Gasteiger partial charge in [0.1, 0.15) is 6.04 Å². The highest BCUT2D eigenvalue weighted by atomic mass is 32.2. The topological polar surface area (TPSA) is 86.5 Å². The summed E-state index contributed by atoms with van der Waals surface area (Å²) in [6, 6.07) is 1.87. The Labute approximate surface area is 118 Å². The Morgan fingerprint density at radius 1 is 1.26 bits per heavy atom. The Bertz CT molecular complexity index is 462. The Kier molecular flexibility index (Phi) is 5.36. The van der Waals surface area contributed by atoms with Crippen molar-refractivity contribution in [1.29, 1.82) is 5.26 Å². The van der Waals surface area contributed by atoms with Crippen LogP contribution >= 0.6 is 11.8 Å². The summed E-state index contributed by atoms with van der Waals surface area (Å²) >= 11 is 1.44. The van der Waals surface area contributed by atoms with Crippen LogP contribution in [-0.4, -0.2) is 32.8 Å². The number of aromatic nitrogens is 3. The molecule has 1 aromatic heterocycles. The SMILES string of the molecule is CCC(C#N)Nc1nc(NC(C)(C)C)nc(SC)n1. The van der Waals surface area contributed by atoms with Gasteiger partial charge in [-0.05, 0) is 33.4 Å². The highest BCUT2D eigenvalue weighted by Crippen LogP contribution is 2.17. The molecule has 0 radical (unpaired) electrons. The molecule has 1 rings (SSSR count). The van der Waals surface area contributed by atoms with E-state index in [9.17, 15) is 0 Å². The van der Waals surface area contributed by atoms with Gasteiger partial charge < -0.3 is 10.6 Å². The van der Waals surface area contributed by atoms with Crippen LogP contribution in [0.15, 0.2) is 5.16 Å². The number of hydrogen-bond acceptors (Lipinski definition) is 7. The molecule has 0 fully saturated rings. The summed E-state index contributed by atoms with van der Waals surface area (Å²) in [4.78, 5) is 12.9. The molecule has 0 aliphatic heterocycles. The molecule has 104 valence electrons. The highest BCUT2D eigenvalue weighted by molar-refractivity contribution is 7.98. The molecule has 0 saturated carbocycles. The van der Waals surface area contributed by atoms with E-state index in [1.165, 1.54) is 11.8 Å². The molecule has 0 bridgehead atoms. The van der Waals surface area contributed by atoms with Crippen molar-refractivity contribution in [1.82, 2.24) is 15.0 Å². The second kappa shape index (κ2) is 6.57. The molecule has 0 saturated heterocycles. The molecule has 0 aromatic carbocycles. The minimum absolute atomic E-state index is 0.131. The lowest BCUT2D eigenvalue weighted by atomic mass is 10.1. The third kappa shape index (κ3) is 5.30. The maximum Gasteiger partial charge on any atom is 0.229 e. The molecule has 1 aromatic rings. The van der Waals surface area contributed by atoms with Crippen LogP contribution in [0.2, 0.25) is 0 Å². The summed E-state index contributed by atoms with van der Waals surface area (Å²) in [5, 5.41) is 15.8. The van der Waals surface area contributed by atoms with Crippen molar-refractivity contribution in [2.45, 2.75) is 50.9 Å². The minimum Gasteiger partial charge on any atom is -0.349 e. The van der Waals surface area contributed by atoms with Crippen LogP contribution < -0.4 is 10.6 Å². The number of rotatable bonds is 5. The Morgan fingerprint density at radius 2 is 1.89 bits per heavy atom. The molecule has 19 heavy (non-hydrogen) atoms. The van der Waals surface area contributed by atoms with E-state index in [0.29, 0.717) is 23.5 Å². The lowest BCUT2D eigenvalue weighted by Crippen LogP contribution is -2.28. The molecule has 0 aliphatic carbocycles. The first kappa shape index (κ1) is 15.5. The van der Waals surface area contributed by atoms with E-state index >= 15 is 0 Å². The predicted molar refractivity (Wildman–Crippen MR) is 78.3 cm³/mol. The van der Waals surface area contributed by atoms with Crippen molar-refractivity contribution in [2.24, 2.45) is 0 Å². The number of thioether (sulfide) groups is 1. The quantitative estimate of drug-likeness (QED) is 0.801. The van der Waals surface area contributed by atoms with Crippen molar-refractivity contribution in [3.05, 3.63) is 0 Å². The van der Waals surface area contributed by atoms with Crippen molar-refractivity contribution < 1.29 is 0 Å². The number of anilines is 2. The zero-order valence-corrected chi connectivity index (χ0v) is 12.8. The molecule has 6 nitrogen and oxygen atoms in total. The number of nitrogens with one attached hydrogen (secondary N) is 2. The van der Waals surface area contributed by atoms with E-state index in [1.54, 1.807) is 0 Å². The Morgan fingerprint density at radius 3 is 2.37 bits per heavy atom. The second-order valence-corrected chi connectivity index (χ2v) is 5.85. The Balaban J connectivity index is 2.99. The predicted octanol–water partition coefficient (Wildman–Crippen LogP) is 2.52. The van der Waals surface area contributed by atoms with Crippen LogP contribution in [0.25, 0.3) is 0 Å². The molecule has 2 N–H and O–H groups in total. The van der Waals surface area contributed by atoms with Crippen molar-refractivity contribution in [3.8, 4) is 6.07 Å². The lowest BCUT2D eigenvalue weighted by molar-refractivity contribution is 0.622. The van der Waals surface area contributed by atoms with Crippen molar-refractivity contribution >= 4 is 23.7 Å². The molecule has 0 aliphatic rings. The van der Waals surface area contributed by atoms with Gasteiger partial charge in [0.25, 0.3) is 0 Å². The summed E-state index contributed by atoms with van der Waals surface area (Å²) in [6.07, 6.45) is 2.60. The van der Waals surface area contributed by atoms with Gasteiger partial charge in [-0.1, -0.05) is 18.7 Å². The fraction of sp³-hybridized carbons (Fsp3) is 0.667. The average Bonchev–Trinajstić information content (AvgIpc) is 2.33. The summed E-state index contributed by atoms with van der Waals surface area (Å²) in [6.45, 7) is 8.04. The molecule has 1 heterocycles. The third-order valence-corrected chi connectivity index (χ3v) is 2.70. The number of nitriles is 1. The summed E-state index contributed by atoms with van der Waals surface area (Å²) in [7, 11) is 0. The minimum atomic E-state index is -0.292. The lowest BCUT2D eigenvalue weighted by Gasteiger charge is -2.21. The van der Waals surface area contributed by atoms with E-state index in [0.717, 1.165) is 0 Å². The maximum atomic E-state index is 8.97. The van der Waals surface area contributed by atoms with Gasteiger partial charge in [0.05, 0.1) is 6.07 Å². The highest BCUT2D eigenvalue weighted by Gasteiger charge is 2.15.